The van der Waals surface area contributed by atoms with Crippen molar-refractivity contribution in [3.05, 3.63) is 93.5 Å². The van der Waals surface area contributed by atoms with Crippen LogP contribution in [0.15, 0.2) is 71.6 Å². The Balaban J connectivity index is 1.35. The number of Topliss-reactive ketones (excluding diaryl/α,β-unsaturated/α-hetero) is 1. The molecule has 0 aromatic heterocycles. The van der Waals surface area contributed by atoms with E-state index in [1.807, 2.05) is 24.3 Å². The molecule has 1 fully saturated rings. The van der Waals surface area contributed by atoms with Gasteiger partial charge in [-0.25, -0.2) is 0 Å². The number of nitrogens with zero attached hydrogens (tertiary/aromatic N) is 2. The molecule has 1 aliphatic rings. The summed E-state index contributed by atoms with van der Waals surface area (Å²) in [5, 5.41) is 0.999. The number of hydrogen-bond donors (Lipinski definition) is 0. The Labute approximate surface area is 227 Å². The average molecular weight is 567 g/mol. The van der Waals surface area contributed by atoms with Crippen molar-refractivity contribution in [2.45, 2.75) is 24.0 Å². The lowest BCUT2D eigenvalue weighted by Gasteiger charge is -2.41. The number of anilines is 1. The highest BCUT2D eigenvalue weighted by molar-refractivity contribution is 8.00. The van der Waals surface area contributed by atoms with Gasteiger partial charge < -0.3 is 9.80 Å². The van der Waals surface area contributed by atoms with E-state index in [1.54, 1.807) is 23.1 Å². The van der Waals surface area contributed by atoms with Crippen molar-refractivity contribution < 1.29 is 22.8 Å². The largest absolute Gasteiger partial charge is 0.416 e. The zero-order chi connectivity index (χ0) is 26.7. The zero-order valence-electron chi connectivity index (χ0n) is 19.8. The monoisotopic (exact) mass is 566 g/mol. The first kappa shape index (κ1) is 27.4. The van der Waals surface area contributed by atoms with Crippen LogP contribution < -0.4 is 4.90 Å². The molecule has 1 heterocycles. The van der Waals surface area contributed by atoms with Gasteiger partial charge >= 0.3 is 6.18 Å². The van der Waals surface area contributed by atoms with E-state index in [0.29, 0.717) is 40.1 Å². The molecule has 37 heavy (non-hydrogen) atoms. The Bertz CT molecular complexity index is 1300. The minimum absolute atomic E-state index is 0.00134. The molecule has 0 spiro atoms. The van der Waals surface area contributed by atoms with E-state index in [0.717, 1.165) is 17.8 Å². The molecule has 1 amide bonds. The summed E-state index contributed by atoms with van der Waals surface area (Å²) in [4.78, 5) is 30.2. The van der Waals surface area contributed by atoms with Gasteiger partial charge in [0.05, 0.1) is 16.3 Å². The summed E-state index contributed by atoms with van der Waals surface area (Å²) in [5.74, 6) is -0.445. The van der Waals surface area contributed by atoms with Crippen LogP contribution >= 0.6 is 35.0 Å². The first-order chi connectivity index (χ1) is 17.5. The summed E-state index contributed by atoms with van der Waals surface area (Å²) in [5.41, 5.74) is 0.851. The van der Waals surface area contributed by atoms with E-state index >= 15 is 0 Å². The third-order valence-electron chi connectivity index (χ3n) is 6.13. The summed E-state index contributed by atoms with van der Waals surface area (Å²) in [6, 6.07) is 16.8. The van der Waals surface area contributed by atoms with Gasteiger partial charge in [-0.15, -0.1) is 11.8 Å². The van der Waals surface area contributed by atoms with Gasteiger partial charge in [-0.3, -0.25) is 9.59 Å². The number of piperazine rings is 1. The molecule has 3 aromatic carbocycles. The minimum atomic E-state index is -4.45. The van der Waals surface area contributed by atoms with E-state index in [-0.39, 0.29) is 29.0 Å². The third kappa shape index (κ3) is 6.61. The maximum absolute atomic E-state index is 13.1. The minimum Gasteiger partial charge on any atom is -0.365 e. The van der Waals surface area contributed by atoms with Crippen LogP contribution in [0.5, 0.6) is 0 Å². The Hall–Kier alpha value is -2.68. The van der Waals surface area contributed by atoms with Crippen molar-refractivity contribution in [2.75, 3.05) is 30.3 Å². The quantitative estimate of drug-likeness (QED) is 0.231. The van der Waals surface area contributed by atoms with Crippen LogP contribution in [-0.4, -0.2) is 48.0 Å². The molecular formula is C27H23Cl2F3N2O2S. The third-order valence-corrected chi connectivity index (χ3v) is 7.86. The van der Waals surface area contributed by atoms with Gasteiger partial charge in [-0.1, -0.05) is 41.4 Å². The van der Waals surface area contributed by atoms with Crippen molar-refractivity contribution in [1.82, 2.24) is 4.90 Å². The van der Waals surface area contributed by atoms with Gasteiger partial charge in [-0.05, 0) is 55.5 Å². The number of benzene rings is 3. The van der Waals surface area contributed by atoms with E-state index in [4.69, 9.17) is 23.2 Å². The molecule has 0 bridgehead atoms. The van der Waals surface area contributed by atoms with Gasteiger partial charge in [0.2, 0.25) is 0 Å². The number of halogens is 5. The molecule has 4 nitrogen and oxygen atoms in total. The number of ketones is 1. The SMILES string of the molecule is C[C@H]1CN(C(=O)c2ccc(SCC(=O)c3ccc(C(F)(F)F)cc3)c(Cl)c2)CCN1c1cccc(Cl)c1. The second kappa shape index (κ2) is 11.4. The predicted octanol–water partition coefficient (Wildman–Crippen LogP) is 7.34. The summed E-state index contributed by atoms with van der Waals surface area (Å²) >= 11 is 13.7. The lowest BCUT2D eigenvalue weighted by molar-refractivity contribution is -0.137. The van der Waals surface area contributed by atoms with Crippen molar-refractivity contribution in [2.24, 2.45) is 0 Å². The van der Waals surface area contributed by atoms with Crippen LogP contribution in [0.25, 0.3) is 0 Å². The van der Waals surface area contributed by atoms with Crippen LogP contribution in [0.3, 0.4) is 0 Å². The maximum atomic E-state index is 13.1. The fourth-order valence-electron chi connectivity index (χ4n) is 4.19. The molecule has 3 aromatic rings. The molecule has 1 atom stereocenters. The van der Waals surface area contributed by atoms with E-state index in [2.05, 4.69) is 11.8 Å². The van der Waals surface area contributed by atoms with Gasteiger partial charge in [0.1, 0.15) is 0 Å². The van der Waals surface area contributed by atoms with Crippen molar-refractivity contribution in [3.8, 4) is 0 Å². The first-order valence-corrected chi connectivity index (χ1v) is 13.2. The van der Waals surface area contributed by atoms with Crippen LogP contribution in [0.1, 0.15) is 33.2 Å². The number of amides is 1. The summed E-state index contributed by atoms with van der Waals surface area (Å²) < 4.78 is 38.2. The normalized spacial score (nSPS) is 16.1. The molecule has 194 valence electrons. The highest BCUT2D eigenvalue weighted by Crippen LogP contribution is 2.31. The molecular weight excluding hydrogens is 544 g/mol. The standard InChI is InChI=1S/C27H23Cl2F3N2O2S/c1-17-15-33(11-12-34(17)22-4-2-3-21(28)14-22)26(36)19-7-10-25(23(29)13-19)37-16-24(35)18-5-8-20(9-6-18)27(30,31)32/h2-10,13-14,17H,11-12,15-16H2,1H3/t17-/m0/s1. The average Bonchev–Trinajstić information content (AvgIpc) is 2.86. The number of carbonyl (C=O) groups is 2. The first-order valence-electron chi connectivity index (χ1n) is 11.5. The number of thioether (sulfide) groups is 1. The Kier molecular flexibility index (Phi) is 8.41. The van der Waals surface area contributed by atoms with Gasteiger partial charge in [0.25, 0.3) is 5.91 Å². The molecule has 1 aliphatic heterocycles. The highest BCUT2D eigenvalue weighted by Gasteiger charge is 2.30. The van der Waals surface area contributed by atoms with Crippen molar-refractivity contribution >= 4 is 52.3 Å². The van der Waals surface area contributed by atoms with Crippen LogP contribution in [0.4, 0.5) is 18.9 Å². The fraction of sp³-hybridized carbons (Fsp3) is 0.259. The lowest BCUT2D eigenvalue weighted by Crippen LogP contribution is -2.53. The Morgan fingerprint density at radius 3 is 2.30 bits per heavy atom. The van der Waals surface area contributed by atoms with E-state index in [9.17, 15) is 22.8 Å². The second-order valence-electron chi connectivity index (χ2n) is 8.71. The fourth-order valence-corrected chi connectivity index (χ4v) is 5.53. The number of alkyl halides is 3. The second-order valence-corrected chi connectivity index (χ2v) is 10.6. The zero-order valence-corrected chi connectivity index (χ0v) is 22.1. The highest BCUT2D eigenvalue weighted by atomic mass is 35.5. The molecule has 4 rings (SSSR count). The Morgan fingerprint density at radius 2 is 1.68 bits per heavy atom. The van der Waals surface area contributed by atoms with Crippen LogP contribution in [0.2, 0.25) is 10.0 Å². The molecule has 0 N–H and O–H groups in total. The van der Waals surface area contributed by atoms with E-state index < -0.39 is 11.7 Å². The number of carbonyl (C=O) groups excluding carboxylic acids is 2. The smallest absolute Gasteiger partial charge is 0.365 e. The van der Waals surface area contributed by atoms with Gasteiger partial charge in [0.15, 0.2) is 5.78 Å². The summed E-state index contributed by atoms with van der Waals surface area (Å²) in [6.07, 6.45) is -4.45. The van der Waals surface area contributed by atoms with Crippen LogP contribution in [-0.2, 0) is 6.18 Å². The van der Waals surface area contributed by atoms with Crippen LogP contribution in [0, 0.1) is 0 Å². The predicted molar refractivity (Wildman–Crippen MR) is 142 cm³/mol. The molecule has 0 saturated carbocycles. The summed E-state index contributed by atoms with van der Waals surface area (Å²) in [6.45, 7) is 3.81. The topological polar surface area (TPSA) is 40.6 Å². The van der Waals surface area contributed by atoms with E-state index in [1.165, 1.54) is 23.9 Å². The van der Waals surface area contributed by atoms with Gasteiger partial charge in [-0.2, -0.15) is 13.2 Å². The Morgan fingerprint density at radius 1 is 0.973 bits per heavy atom. The number of rotatable bonds is 6. The lowest BCUT2D eigenvalue weighted by atomic mass is 10.1. The molecule has 10 heteroatoms. The number of hydrogen-bond acceptors (Lipinski definition) is 4. The van der Waals surface area contributed by atoms with Crippen molar-refractivity contribution in [1.29, 1.82) is 0 Å². The molecule has 0 aliphatic carbocycles. The summed E-state index contributed by atoms with van der Waals surface area (Å²) in [7, 11) is 0. The van der Waals surface area contributed by atoms with Crippen molar-refractivity contribution in [3.63, 3.8) is 0 Å². The maximum Gasteiger partial charge on any atom is 0.416 e. The molecule has 0 unspecified atom stereocenters. The molecule has 0 radical (unpaired) electrons. The van der Waals surface area contributed by atoms with Gasteiger partial charge in [0, 0.05) is 52.4 Å². The molecule has 1 saturated heterocycles.